The van der Waals surface area contributed by atoms with Crippen LogP contribution in [0.1, 0.15) is 18.4 Å². The van der Waals surface area contributed by atoms with Gasteiger partial charge < -0.3 is 5.32 Å². The summed E-state index contributed by atoms with van der Waals surface area (Å²) in [5.41, 5.74) is 0.498. The molecule has 2 saturated carbocycles. The van der Waals surface area contributed by atoms with Gasteiger partial charge in [0.1, 0.15) is 11.9 Å². The molecule has 0 saturated heterocycles. The summed E-state index contributed by atoms with van der Waals surface area (Å²) in [5, 5.41) is 11.8. The van der Waals surface area contributed by atoms with Crippen LogP contribution in [0.15, 0.2) is 18.3 Å². The Hall–Kier alpha value is -1.70. The van der Waals surface area contributed by atoms with Crippen LogP contribution >= 0.6 is 0 Å². The van der Waals surface area contributed by atoms with Gasteiger partial charge in [-0.1, -0.05) is 0 Å². The Kier molecular flexibility index (Phi) is 2.09. The summed E-state index contributed by atoms with van der Waals surface area (Å²) in [4.78, 5) is 4.07. The molecule has 0 radical (unpaired) electrons. The van der Waals surface area contributed by atoms with E-state index in [-0.39, 0.29) is 30.7 Å². The fourth-order valence-electron chi connectivity index (χ4n) is 2.70. The van der Waals surface area contributed by atoms with Gasteiger partial charge in [0.2, 0.25) is 5.92 Å². The molecule has 0 bridgehead atoms. The molecule has 1 aromatic heterocycles. The van der Waals surface area contributed by atoms with E-state index in [0.717, 1.165) is 0 Å². The van der Waals surface area contributed by atoms with Crippen molar-refractivity contribution in [1.29, 1.82) is 5.26 Å². The quantitative estimate of drug-likeness (QED) is 0.856. The molecule has 1 heterocycles. The van der Waals surface area contributed by atoms with Gasteiger partial charge in [0.05, 0.1) is 5.56 Å². The maximum atomic E-state index is 13.0. The van der Waals surface area contributed by atoms with Crippen LogP contribution in [0.2, 0.25) is 0 Å². The van der Waals surface area contributed by atoms with E-state index in [0.29, 0.717) is 11.4 Å². The van der Waals surface area contributed by atoms with E-state index in [1.165, 1.54) is 6.20 Å². The molecule has 2 aliphatic carbocycles. The van der Waals surface area contributed by atoms with Crippen molar-refractivity contribution >= 4 is 5.82 Å². The van der Waals surface area contributed by atoms with Crippen LogP contribution in [-0.4, -0.2) is 16.9 Å². The molecule has 1 unspecified atom stereocenters. The van der Waals surface area contributed by atoms with Gasteiger partial charge in [-0.15, -0.1) is 0 Å². The number of aromatic nitrogens is 1. The molecule has 5 heteroatoms. The van der Waals surface area contributed by atoms with Gasteiger partial charge in [-0.2, -0.15) is 5.26 Å². The average Bonchev–Trinajstić information content (AvgIpc) is 2.77. The molecule has 0 spiro atoms. The highest BCUT2D eigenvalue weighted by molar-refractivity contribution is 5.42. The lowest BCUT2D eigenvalue weighted by molar-refractivity contribution is -0.00447. The van der Waals surface area contributed by atoms with Gasteiger partial charge in [-0.25, -0.2) is 13.8 Å². The van der Waals surface area contributed by atoms with Crippen LogP contribution in [0, 0.1) is 23.2 Å². The van der Waals surface area contributed by atoms with Gasteiger partial charge >= 0.3 is 0 Å². The molecule has 88 valence electrons. The summed E-state index contributed by atoms with van der Waals surface area (Å²) < 4.78 is 25.9. The van der Waals surface area contributed by atoms with E-state index in [9.17, 15) is 8.78 Å². The van der Waals surface area contributed by atoms with Gasteiger partial charge in [0, 0.05) is 25.1 Å². The number of anilines is 1. The Bertz CT molecular complexity index is 464. The Balaban J connectivity index is 1.62. The van der Waals surface area contributed by atoms with Crippen LogP contribution in [-0.2, 0) is 0 Å². The van der Waals surface area contributed by atoms with Crippen LogP contribution < -0.4 is 5.32 Å². The van der Waals surface area contributed by atoms with Crippen molar-refractivity contribution in [3.63, 3.8) is 0 Å². The number of nitrogens with one attached hydrogen (secondary N) is 1. The number of nitriles is 1. The highest BCUT2D eigenvalue weighted by atomic mass is 19.3. The van der Waals surface area contributed by atoms with Gasteiger partial charge in [-0.3, -0.25) is 0 Å². The molecule has 3 nitrogen and oxygen atoms in total. The third kappa shape index (κ3) is 1.84. The molecular weight excluding hydrogens is 224 g/mol. The summed E-state index contributed by atoms with van der Waals surface area (Å²) in [7, 11) is 0. The maximum absolute atomic E-state index is 13.0. The third-order valence-corrected chi connectivity index (χ3v) is 3.61. The molecule has 0 aliphatic heterocycles. The number of nitrogens with zero attached hydrogens (tertiary/aromatic N) is 2. The molecule has 0 aromatic carbocycles. The molecule has 2 fully saturated rings. The number of alkyl halides is 2. The summed E-state index contributed by atoms with van der Waals surface area (Å²) in [6, 6.07) is 5.50. The fraction of sp³-hybridized carbons (Fsp3) is 0.500. The number of hydrogen-bond donors (Lipinski definition) is 1. The smallest absolute Gasteiger partial charge is 0.248 e. The molecule has 3 atom stereocenters. The standard InChI is InChI=1S/C12H11F2N3/c13-12(14)3-8-9(4-12)11(8)17-10-2-1-7(5-15)6-16-10/h1-2,6,8-9,11H,3-4H2,(H,16,17)/t8-,9+,11?. The van der Waals surface area contributed by atoms with Crippen molar-refractivity contribution in [2.45, 2.75) is 24.8 Å². The Labute approximate surface area is 97.5 Å². The topological polar surface area (TPSA) is 48.7 Å². The number of halogens is 2. The Morgan fingerprint density at radius 1 is 1.35 bits per heavy atom. The van der Waals surface area contributed by atoms with Crippen LogP contribution in [0.4, 0.5) is 14.6 Å². The first-order valence-electron chi connectivity index (χ1n) is 5.60. The minimum atomic E-state index is -2.47. The zero-order chi connectivity index (χ0) is 12.0. The largest absolute Gasteiger partial charge is 0.367 e. The average molecular weight is 235 g/mol. The van der Waals surface area contributed by atoms with Crippen molar-refractivity contribution in [3.05, 3.63) is 23.9 Å². The minimum absolute atomic E-state index is 0.00832. The Morgan fingerprint density at radius 2 is 2.06 bits per heavy atom. The second kappa shape index (κ2) is 3.39. The summed E-state index contributed by atoms with van der Waals surface area (Å²) >= 11 is 0. The van der Waals surface area contributed by atoms with E-state index in [1.807, 2.05) is 6.07 Å². The minimum Gasteiger partial charge on any atom is -0.367 e. The maximum Gasteiger partial charge on any atom is 0.248 e. The van der Waals surface area contributed by atoms with Crippen molar-refractivity contribution < 1.29 is 8.78 Å². The summed E-state index contributed by atoms with van der Waals surface area (Å²) in [6.45, 7) is 0. The van der Waals surface area contributed by atoms with Crippen molar-refractivity contribution in [2.75, 3.05) is 5.32 Å². The van der Waals surface area contributed by atoms with Crippen LogP contribution in [0.25, 0.3) is 0 Å². The number of fused-ring (bicyclic) bond motifs is 1. The lowest BCUT2D eigenvalue weighted by Crippen LogP contribution is -2.20. The Morgan fingerprint density at radius 3 is 2.59 bits per heavy atom. The highest BCUT2D eigenvalue weighted by Gasteiger charge is 2.63. The molecular formula is C12H11F2N3. The molecule has 1 N–H and O–H groups in total. The molecule has 3 rings (SSSR count). The van der Waals surface area contributed by atoms with E-state index < -0.39 is 5.92 Å². The fourth-order valence-corrected chi connectivity index (χ4v) is 2.70. The normalized spacial score (nSPS) is 32.6. The molecule has 0 amide bonds. The van der Waals surface area contributed by atoms with Crippen molar-refractivity contribution in [3.8, 4) is 6.07 Å². The van der Waals surface area contributed by atoms with E-state index in [1.54, 1.807) is 12.1 Å². The first-order chi connectivity index (χ1) is 8.09. The second-order valence-electron chi connectivity index (χ2n) is 4.81. The number of pyridine rings is 1. The number of rotatable bonds is 2. The van der Waals surface area contributed by atoms with Gasteiger partial charge in [0.25, 0.3) is 0 Å². The lowest BCUT2D eigenvalue weighted by Gasteiger charge is -2.14. The van der Waals surface area contributed by atoms with E-state index >= 15 is 0 Å². The first-order valence-corrected chi connectivity index (χ1v) is 5.60. The monoisotopic (exact) mass is 235 g/mol. The van der Waals surface area contributed by atoms with E-state index in [4.69, 9.17) is 5.26 Å². The third-order valence-electron chi connectivity index (χ3n) is 3.61. The van der Waals surface area contributed by atoms with Gasteiger partial charge in [0.15, 0.2) is 0 Å². The SMILES string of the molecule is N#Cc1ccc(NC2[C@H]3CC(F)(F)C[C@@H]23)nc1. The second-order valence-corrected chi connectivity index (χ2v) is 4.81. The highest BCUT2D eigenvalue weighted by Crippen LogP contribution is 2.58. The zero-order valence-corrected chi connectivity index (χ0v) is 9.03. The number of hydrogen-bond acceptors (Lipinski definition) is 3. The molecule has 2 aliphatic rings. The molecule has 1 aromatic rings. The first kappa shape index (κ1) is 10.5. The lowest BCUT2D eigenvalue weighted by atomic mass is 10.1. The summed E-state index contributed by atoms with van der Waals surface area (Å²) in [6.07, 6.45) is 1.46. The summed E-state index contributed by atoms with van der Waals surface area (Å²) in [5.74, 6) is -1.64. The van der Waals surface area contributed by atoms with E-state index in [2.05, 4.69) is 10.3 Å². The molecule has 17 heavy (non-hydrogen) atoms. The van der Waals surface area contributed by atoms with Crippen LogP contribution in [0.5, 0.6) is 0 Å². The van der Waals surface area contributed by atoms with Gasteiger partial charge in [-0.05, 0) is 24.0 Å². The zero-order valence-electron chi connectivity index (χ0n) is 9.03. The van der Waals surface area contributed by atoms with Crippen molar-refractivity contribution in [1.82, 2.24) is 4.98 Å². The predicted octanol–water partition coefficient (Wildman–Crippen LogP) is 2.41. The predicted molar refractivity (Wildman–Crippen MR) is 57.5 cm³/mol. The van der Waals surface area contributed by atoms with Crippen molar-refractivity contribution in [2.24, 2.45) is 11.8 Å². The van der Waals surface area contributed by atoms with Crippen LogP contribution in [0.3, 0.4) is 0 Å².